The van der Waals surface area contributed by atoms with E-state index in [0.29, 0.717) is 5.96 Å². The Morgan fingerprint density at radius 1 is 1.27 bits per heavy atom. The summed E-state index contributed by atoms with van der Waals surface area (Å²) in [4.78, 5) is 5.74. The van der Waals surface area contributed by atoms with Crippen molar-refractivity contribution in [3.05, 3.63) is 0 Å². The van der Waals surface area contributed by atoms with Gasteiger partial charge in [-0.05, 0) is 47.0 Å². The van der Waals surface area contributed by atoms with E-state index in [-0.39, 0.29) is 11.1 Å². The molecule has 1 saturated heterocycles. The molecule has 0 unspecified atom stereocenters. The van der Waals surface area contributed by atoms with Crippen molar-refractivity contribution in [2.24, 2.45) is 10.7 Å². The Morgan fingerprint density at radius 2 is 1.73 bits per heavy atom. The number of aliphatic imine (C=N–C) groups is 1. The Labute approximate surface area is 91.8 Å². The van der Waals surface area contributed by atoms with Crippen LogP contribution in [0.3, 0.4) is 0 Å². The minimum atomic E-state index is -0.0216. The molecule has 4 heteroatoms. The summed E-state index contributed by atoms with van der Waals surface area (Å²) in [6.07, 6.45) is 5.12. The summed E-state index contributed by atoms with van der Waals surface area (Å²) in [7, 11) is 0. The van der Waals surface area contributed by atoms with Gasteiger partial charge in [0.1, 0.15) is 0 Å². The number of nitrogens with two attached hydrogens (primary N) is 1. The maximum atomic E-state index is 8.56. The van der Waals surface area contributed by atoms with Crippen LogP contribution in [-0.2, 0) is 0 Å². The van der Waals surface area contributed by atoms with Crippen LogP contribution in [0.5, 0.6) is 0 Å². The van der Waals surface area contributed by atoms with E-state index in [1.54, 1.807) is 6.19 Å². The lowest BCUT2D eigenvalue weighted by Crippen LogP contribution is -2.63. The van der Waals surface area contributed by atoms with Crippen LogP contribution in [0.1, 0.15) is 47.0 Å². The van der Waals surface area contributed by atoms with E-state index in [0.717, 1.165) is 12.8 Å². The van der Waals surface area contributed by atoms with E-state index in [1.807, 2.05) is 0 Å². The maximum Gasteiger partial charge on any atom is 0.209 e. The highest BCUT2D eigenvalue weighted by Crippen LogP contribution is 2.37. The third kappa shape index (κ3) is 2.23. The third-order valence-corrected chi connectivity index (χ3v) is 3.18. The van der Waals surface area contributed by atoms with Crippen LogP contribution in [0, 0.1) is 11.5 Å². The lowest BCUT2D eigenvalue weighted by atomic mass is 9.80. The lowest BCUT2D eigenvalue weighted by Gasteiger charge is -2.53. The minimum absolute atomic E-state index is 0.0216. The fraction of sp³-hybridized carbons (Fsp3) is 0.818. The Morgan fingerprint density at radius 3 is 2.13 bits per heavy atom. The fourth-order valence-corrected chi connectivity index (χ4v) is 2.72. The summed E-state index contributed by atoms with van der Waals surface area (Å²) >= 11 is 0. The second kappa shape index (κ2) is 3.73. The SMILES string of the molecule is CC1(C)CCCC(C)(C)N1C(N)=NC#N. The molecule has 0 aromatic heterocycles. The maximum absolute atomic E-state index is 8.56. The highest BCUT2D eigenvalue weighted by atomic mass is 15.3. The van der Waals surface area contributed by atoms with Crippen molar-refractivity contribution in [3.8, 4) is 6.19 Å². The summed E-state index contributed by atoms with van der Waals surface area (Å²) in [6, 6.07) is 0. The molecule has 0 aliphatic carbocycles. The Balaban J connectivity index is 3.08. The summed E-state index contributed by atoms with van der Waals surface area (Å²) in [6.45, 7) is 8.59. The molecule has 0 aromatic carbocycles. The van der Waals surface area contributed by atoms with Crippen LogP contribution >= 0.6 is 0 Å². The Hall–Kier alpha value is -1.24. The number of piperidine rings is 1. The molecule has 0 saturated carbocycles. The quantitative estimate of drug-likeness (QED) is 0.375. The first-order valence-corrected chi connectivity index (χ1v) is 5.34. The smallest absolute Gasteiger partial charge is 0.209 e. The van der Waals surface area contributed by atoms with Crippen molar-refractivity contribution >= 4 is 5.96 Å². The third-order valence-electron chi connectivity index (χ3n) is 3.18. The molecular weight excluding hydrogens is 188 g/mol. The van der Waals surface area contributed by atoms with Crippen LogP contribution in [0.25, 0.3) is 0 Å². The molecule has 0 radical (unpaired) electrons. The van der Waals surface area contributed by atoms with Gasteiger partial charge in [-0.3, -0.25) is 0 Å². The van der Waals surface area contributed by atoms with Gasteiger partial charge in [-0.2, -0.15) is 5.26 Å². The van der Waals surface area contributed by atoms with Crippen molar-refractivity contribution in [2.75, 3.05) is 0 Å². The molecular formula is C11H20N4. The van der Waals surface area contributed by atoms with E-state index < -0.39 is 0 Å². The molecule has 0 atom stereocenters. The summed E-state index contributed by atoms with van der Waals surface area (Å²) in [5.41, 5.74) is 5.82. The number of guanidine groups is 1. The highest BCUT2D eigenvalue weighted by molar-refractivity contribution is 5.80. The van der Waals surface area contributed by atoms with Crippen LogP contribution in [-0.4, -0.2) is 21.9 Å². The summed E-state index contributed by atoms with van der Waals surface area (Å²) in [5.74, 6) is 0.340. The van der Waals surface area contributed by atoms with E-state index in [1.165, 1.54) is 6.42 Å². The van der Waals surface area contributed by atoms with Crippen LogP contribution in [0.4, 0.5) is 0 Å². The Kier molecular flexibility index (Phi) is 2.94. The topological polar surface area (TPSA) is 65.4 Å². The Bertz CT molecular complexity index is 293. The van der Waals surface area contributed by atoms with Gasteiger partial charge in [-0.25, -0.2) is 0 Å². The molecule has 1 aliphatic heterocycles. The van der Waals surface area contributed by atoms with Crippen molar-refractivity contribution in [1.82, 2.24) is 4.90 Å². The molecule has 0 spiro atoms. The normalized spacial score (nSPS) is 24.7. The first-order valence-electron chi connectivity index (χ1n) is 5.34. The van der Waals surface area contributed by atoms with Crippen molar-refractivity contribution in [2.45, 2.75) is 58.0 Å². The van der Waals surface area contributed by atoms with Crippen LogP contribution in [0.2, 0.25) is 0 Å². The number of nitrogens with zero attached hydrogens (tertiary/aromatic N) is 3. The molecule has 1 aliphatic rings. The number of nitriles is 1. The molecule has 15 heavy (non-hydrogen) atoms. The lowest BCUT2D eigenvalue weighted by molar-refractivity contribution is 0.0402. The predicted octanol–water partition coefficient (Wildman–Crippen LogP) is 1.83. The van der Waals surface area contributed by atoms with Gasteiger partial charge in [0.05, 0.1) is 0 Å². The molecule has 84 valence electrons. The first-order chi connectivity index (χ1) is 6.81. The zero-order valence-corrected chi connectivity index (χ0v) is 10.0. The van der Waals surface area contributed by atoms with Gasteiger partial charge >= 0.3 is 0 Å². The van der Waals surface area contributed by atoms with Gasteiger partial charge in [-0.15, -0.1) is 4.99 Å². The van der Waals surface area contributed by atoms with Crippen molar-refractivity contribution in [1.29, 1.82) is 5.26 Å². The van der Waals surface area contributed by atoms with Gasteiger partial charge in [0.2, 0.25) is 12.2 Å². The van der Waals surface area contributed by atoms with Gasteiger partial charge in [-0.1, -0.05) is 0 Å². The van der Waals surface area contributed by atoms with E-state index in [9.17, 15) is 0 Å². The zero-order valence-electron chi connectivity index (χ0n) is 10.0. The monoisotopic (exact) mass is 208 g/mol. The van der Waals surface area contributed by atoms with Gasteiger partial charge < -0.3 is 10.6 Å². The standard InChI is InChI=1S/C11H20N4/c1-10(2)6-5-7-11(3,4)15(10)9(13)14-8-12/h5-7H2,1-4H3,(H2,13,14). The average Bonchev–Trinajstić information content (AvgIpc) is 2.00. The number of rotatable bonds is 0. The molecule has 2 N–H and O–H groups in total. The van der Waals surface area contributed by atoms with Gasteiger partial charge in [0, 0.05) is 11.1 Å². The van der Waals surface area contributed by atoms with E-state index in [4.69, 9.17) is 11.0 Å². The molecule has 0 bridgehead atoms. The first kappa shape index (κ1) is 11.8. The zero-order chi connectivity index (χ0) is 11.7. The molecule has 1 fully saturated rings. The second-order valence-electron chi connectivity index (χ2n) is 5.38. The van der Waals surface area contributed by atoms with Gasteiger partial charge in [0.25, 0.3) is 0 Å². The molecule has 0 amide bonds. The highest BCUT2D eigenvalue weighted by Gasteiger charge is 2.42. The minimum Gasteiger partial charge on any atom is -0.369 e. The summed E-state index contributed by atoms with van der Waals surface area (Å²) < 4.78 is 0. The largest absolute Gasteiger partial charge is 0.369 e. The number of hydrogen-bond donors (Lipinski definition) is 1. The van der Waals surface area contributed by atoms with E-state index >= 15 is 0 Å². The molecule has 0 aromatic rings. The predicted molar refractivity (Wildman–Crippen MR) is 61.1 cm³/mol. The van der Waals surface area contributed by atoms with Crippen LogP contribution in [0.15, 0.2) is 4.99 Å². The van der Waals surface area contributed by atoms with Crippen LogP contribution < -0.4 is 5.73 Å². The number of hydrogen-bond acceptors (Lipinski definition) is 2. The average molecular weight is 208 g/mol. The summed E-state index contributed by atoms with van der Waals surface area (Å²) in [5, 5.41) is 8.56. The molecule has 1 heterocycles. The second-order valence-corrected chi connectivity index (χ2v) is 5.38. The number of likely N-dealkylation sites (tertiary alicyclic amines) is 1. The van der Waals surface area contributed by atoms with E-state index in [2.05, 4.69) is 37.6 Å². The molecule has 1 rings (SSSR count). The van der Waals surface area contributed by atoms with Gasteiger partial charge in [0.15, 0.2) is 0 Å². The van der Waals surface area contributed by atoms with Crippen molar-refractivity contribution in [3.63, 3.8) is 0 Å². The van der Waals surface area contributed by atoms with Crippen molar-refractivity contribution < 1.29 is 0 Å². The molecule has 4 nitrogen and oxygen atoms in total. The fourth-order valence-electron chi connectivity index (χ4n) is 2.72.